The summed E-state index contributed by atoms with van der Waals surface area (Å²) >= 11 is 0. The standard InChI is InChI=1S/C19H24N2O4S/c1-12(2)25-16-8-9-17(14(4)10-16)20-19(22)15-7-6-13(3)18(11-15)21-26(5,23)24/h6-12,21H,1-5H3,(H,20,22). The first-order valence-corrected chi connectivity index (χ1v) is 10.1. The monoisotopic (exact) mass is 376 g/mol. The van der Waals surface area contributed by atoms with Crippen molar-refractivity contribution < 1.29 is 17.9 Å². The van der Waals surface area contributed by atoms with Crippen LogP contribution >= 0.6 is 0 Å². The third-order valence-corrected chi connectivity index (χ3v) is 4.20. The number of hydrogen-bond acceptors (Lipinski definition) is 4. The number of amides is 1. The van der Waals surface area contributed by atoms with E-state index >= 15 is 0 Å². The number of carbonyl (C=O) groups excluding carboxylic acids is 1. The van der Waals surface area contributed by atoms with Gasteiger partial charge in [0.05, 0.1) is 18.0 Å². The second-order valence-corrected chi connectivity index (χ2v) is 8.25. The van der Waals surface area contributed by atoms with Crippen molar-refractivity contribution in [2.24, 2.45) is 0 Å². The van der Waals surface area contributed by atoms with Crippen LogP contribution in [0.1, 0.15) is 35.3 Å². The molecule has 0 bridgehead atoms. The zero-order valence-electron chi connectivity index (χ0n) is 15.6. The highest BCUT2D eigenvalue weighted by Crippen LogP contribution is 2.24. The number of aryl methyl sites for hydroxylation is 2. The van der Waals surface area contributed by atoms with E-state index in [1.165, 1.54) is 6.07 Å². The lowest BCUT2D eigenvalue weighted by Crippen LogP contribution is -2.15. The predicted molar refractivity (Wildman–Crippen MR) is 105 cm³/mol. The third-order valence-electron chi connectivity index (χ3n) is 3.61. The maximum atomic E-state index is 12.5. The van der Waals surface area contributed by atoms with Gasteiger partial charge in [0.2, 0.25) is 10.0 Å². The number of benzene rings is 2. The Morgan fingerprint density at radius 3 is 2.27 bits per heavy atom. The first kappa shape index (κ1) is 19.8. The fourth-order valence-corrected chi connectivity index (χ4v) is 3.01. The van der Waals surface area contributed by atoms with E-state index in [2.05, 4.69) is 10.0 Å². The summed E-state index contributed by atoms with van der Waals surface area (Å²) in [6.45, 7) is 7.55. The summed E-state index contributed by atoms with van der Waals surface area (Å²) < 4.78 is 31.0. The topological polar surface area (TPSA) is 84.5 Å². The first-order chi connectivity index (χ1) is 12.0. The maximum Gasteiger partial charge on any atom is 0.255 e. The molecule has 6 nitrogen and oxygen atoms in total. The minimum Gasteiger partial charge on any atom is -0.491 e. The van der Waals surface area contributed by atoms with Crippen LogP contribution < -0.4 is 14.8 Å². The van der Waals surface area contributed by atoms with Crippen LogP contribution in [0.3, 0.4) is 0 Å². The fourth-order valence-electron chi connectivity index (χ4n) is 2.39. The number of nitrogens with one attached hydrogen (secondary N) is 2. The molecule has 2 aromatic rings. The molecule has 0 unspecified atom stereocenters. The molecule has 0 spiro atoms. The Hall–Kier alpha value is -2.54. The van der Waals surface area contributed by atoms with Crippen LogP contribution in [0.4, 0.5) is 11.4 Å². The van der Waals surface area contributed by atoms with Crippen LogP contribution in [-0.2, 0) is 10.0 Å². The van der Waals surface area contributed by atoms with E-state index in [9.17, 15) is 13.2 Å². The zero-order chi connectivity index (χ0) is 19.5. The molecular formula is C19H24N2O4S. The summed E-state index contributed by atoms with van der Waals surface area (Å²) in [4.78, 5) is 12.5. The van der Waals surface area contributed by atoms with Gasteiger partial charge in [-0.25, -0.2) is 8.42 Å². The largest absolute Gasteiger partial charge is 0.491 e. The number of ether oxygens (including phenoxy) is 1. The van der Waals surface area contributed by atoms with Crippen molar-refractivity contribution in [1.82, 2.24) is 0 Å². The summed E-state index contributed by atoms with van der Waals surface area (Å²) in [5.74, 6) is 0.424. The van der Waals surface area contributed by atoms with E-state index in [0.717, 1.165) is 23.1 Å². The molecule has 140 valence electrons. The normalized spacial score (nSPS) is 11.3. The Kier molecular flexibility index (Phi) is 5.92. The molecule has 2 rings (SSSR count). The Balaban J connectivity index is 2.21. The molecule has 2 N–H and O–H groups in total. The van der Waals surface area contributed by atoms with Gasteiger partial charge in [0.25, 0.3) is 5.91 Å². The first-order valence-electron chi connectivity index (χ1n) is 8.22. The van der Waals surface area contributed by atoms with Gasteiger partial charge in [-0.3, -0.25) is 9.52 Å². The SMILES string of the molecule is Cc1cc(OC(C)C)ccc1NC(=O)c1ccc(C)c(NS(C)(=O)=O)c1. The fraction of sp³-hybridized carbons (Fsp3) is 0.316. The van der Waals surface area contributed by atoms with Gasteiger partial charge < -0.3 is 10.1 Å². The van der Waals surface area contributed by atoms with Crippen molar-refractivity contribution in [3.05, 3.63) is 53.1 Å². The Bertz CT molecular complexity index is 921. The average Bonchev–Trinajstić information content (AvgIpc) is 2.50. The molecule has 1 amide bonds. The molecule has 0 aliphatic rings. The quantitative estimate of drug-likeness (QED) is 0.805. The summed E-state index contributed by atoms with van der Waals surface area (Å²) in [7, 11) is -3.42. The van der Waals surface area contributed by atoms with E-state index in [1.54, 1.807) is 31.2 Å². The van der Waals surface area contributed by atoms with Crippen molar-refractivity contribution in [2.45, 2.75) is 33.8 Å². The summed E-state index contributed by atoms with van der Waals surface area (Å²) in [6.07, 6.45) is 1.15. The van der Waals surface area contributed by atoms with E-state index in [-0.39, 0.29) is 12.0 Å². The maximum absolute atomic E-state index is 12.5. The smallest absolute Gasteiger partial charge is 0.255 e. The molecule has 2 aromatic carbocycles. The van der Waals surface area contributed by atoms with E-state index in [0.29, 0.717) is 16.9 Å². The van der Waals surface area contributed by atoms with Gasteiger partial charge in [0.1, 0.15) is 5.75 Å². The van der Waals surface area contributed by atoms with Crippen molar-refractivity contribution in [3.8, 4) is 5.75 Å². The molecule has 0 radical (unpaired) electrons. The van der Waals surface area contributed by atoms with Crippen molar-refractivity contribution in [3.63, 3.8) is 0 Å². The second-order valence-electron chi connectivity index (χ2n) is 6.50. The lowest BCUT2D eigenvalue weighted by molar-refractivity contribution is 0.102. The van der Waals surface area contributed by atoms with Crippen LogP contribution in [0.25, 0.3) is 0 Å². The molecule has 0 saturated heterocycles. The van der Waals surface area contributed by atoms with Crippen LogP contribution in [0, 0.1) is 13.8 Å². The van der Waals surface area contributed by atoms with Gasteiger partial charge in [-0.05, 0) is 69.2 Å². The number of sulfonamides is 1. The second kappa shape index (κ2) is 7.78. The molecule has 0 aromatic heterocycles. The molecule has 7 heteroatoms. The van der Waals surface area contributed by atoms with Gasteiger partial charge in [-0.1, -0.05) is 6.07 Å². The molecule has 26 heavy (non-hydrogen) atoms. The zero-order valence-corrected chi connectivity index (χ0v) is 16.4. The van der Waals surface area contributed by atoms with Gasteiger partial charge in [0, 0.05) is 11.3 Å². The Morgan fingerprint density at radius 2 is 1.69 bits per heavy atom. The highest BCUT2D eigenvalue weighted by atomic mass is 32.2. The van der Waals surface area contributed by atoms with Gasteiger partial charge in [0.15, 0.2) is 0 Å². The van der Waals surface area contributed by atoms with E-state index in [4.69, 9.17) is 4.74 Å². The van der Waals surface area contributed by atoms with Crippen molar-refractivity contribution >= 4 is 27.3 Å². The summed E-state index contributed by atoms with van der Waals surface area (Å²) in [5, 5.41) is 2.84. The minimum atomic E-state index is -3.42. The third kappa shape index (κ3) is 5.49. The Labute approximate surface area is 154 Å². The minimum absolute atomic E-state index is 0.0724. The van der Waals surface area contributed by atoms with Gasteiger partial charge >= 0.3 is 0 Å². The van der Waals surface area contributed by atoms with Gasteiger partial charge in [-0.15, -0.1) is 0 Å². The molecule has 0 atom stereocenters. The molecular weight excluding hydrogens is 352 g/mol. The highest BCUT2D eigenvalue weighted by molar-refractivity contribution is 7.92. The number of carbonyl (C=O) groups is 1. The molecule has 0 saturated carbocycles. The number of anilines is 2. The summed E-state index contributed by atoms with van der Waals surface area (Å²) in [5.41, 5.74) is 3.03. The summed E-state index contributed by atoms with van der Waals surface area (Å²) in [6, 6.07) is 10.3. The predicted octanol–water partition coefficient (Wildman–Crippen LogP) is 3.71. The van der Waals surface area contributed by atoms with Crippen LogP contribution in [0.15, 0.2) is 36.4 Å². The highest BCUT2D eigenvalue weighted by Gasteiger charge is 2.12. The molecule has 0 aliphatic heterocycles. The van der Waals surface area contributed by atoms with Crippen molar-refractivity contribution in [2.75, 3.05) is 16.3 Å². The van der Waals surface area contributed by atoms with Crippen LogP contribution in [0.5, 0.6) is 5.75 Å². The lowest BCUT2D eigenvalue weighted by Gasteiger charge is -2.14. The number of rotatable bonds is 6. The molecule has 0 aliphatic carbocycles. The Morgan fingerprint density at radius 1 is 1.00 bits per heavy atom. The average molecular weight is 376 g/mol. The van der Waals surface area contributed by atoms with Gasteiger partial charge in [-0.2, -0.15) is 0 Å². The van der Waals surface area contributed by atoms with E-state index in [1.807, 2.05) is 26.8 Å². The molecule has 0 fully saturated rings. The lowest BCUT2D eigenvalue weighted by atomic mass is 10.1. The van der Waals surface area contributed by atoms with E-state index < -0.39 is 10.0 Å². The van der Waals surface area contributed by atoms with Crippen LogP contribution in [0.2, 0.25) is 0 Å². The van der Waals surface area contributed by atoms with Crippen molar-refractivity contribution in [1.29, 1.82) is 0 Å². The number of hydrogen-bond donors (Lipinski definition) is 2. The van der Waals surface area contributed by atoms with Crippen LogP contribution in [-0.4, -0.2) is 26.7 Å². The molecule has 0 heterocycles.